The van der Waals surface area contributed by atoms with Gasteiger partial charge in [0.25, 0.3) is 0 Å². The van der Waals surface area contributed by atoms with Gasteiger partial charge in [0.1, 0.15) is 6.61 Å². The molecule has 0 fully saturated rings. The van der Waals surface area contributed by atoms with Crippen LogP contribution in [0.15, 0.2) is 65.8 Å². The van der Waals surface area contributed by atoms with Crippen molar-refractivity contribution in [1.29, 1.82) is 0 Å². The van der Waals surface area contributed by atoms with Crippen molar-refractivity contribution in [3.05, 3.63) is 91.0 Å². The summed E-state index contributed by atoms with van der Waals surface area (Å²) in [6, 6.07) is 19.1. The minimum Gasteiger partial charge on any atom is -0.493 e. The van der Waals surface area contributed by atoms with Gasteiger partial charge in [0.2, 0.25) is 0 Å². The molecule has 0 amide bonds. The van der Waals surface area contributed by atoms with Crippen molar-refractivity contribution in [2.24, 2.45) is 5.10 Å². The Labute approximate surface area is 194 Å². The lowest BCUT2D eigenvalue weighted by Gasteiger charge is -2.14. The molecule has 0 aromatic heterocycles. The Hall–Kier alpha value is -1.96. The van der Waals surface area contributed by atoms with Crippen molar-refractivity contribution in [3.8, 4) is 11.5 Å². The highest BCUT2D eigenvalue weighted by molar-refractivity contribution is 14.1. The second-order valence-corrected chi connectivity index (χ2v) is 8.08. The zero-order valence-electron chi connectivity index (χ0n) is 15.7. The number of methoxy groups -OCH3 is 1. The fourth-order valence-electron chi connectivity index (χ4n) is 2.61. The first-order valence-electron chi connectivity index (χ1n) is 8.81. The summed E-state index contributed by atoms with van der Waals surface area (Å²) >= 11 is 14.6. The standard InChI is InChI=1S/C22H19Cl2IN2O2/c1-28-21-11-15(12-26-27-13-16-6-2-4-8-18(16)23)10-20(25)22(21)29-14-17-7-3-5-9-19(17)24/h2-12,27H,13-14H2,1H3/b26-12-. The summed E-state index contributed by atoms with van der Waals surface area (Å²) in [7, 11) is 1.62. The number of halogens is 3. The number of hydrogen-bond acceptors (Lipinski definition) is 4. The molecule has 0 saturated carbocycles. The van der Waals surface area contributed by atoms with Crippen molar-refractivity contribution in [1.82, 2.24) is 5.43 Å². The third-order valence-electron chi connectivity index (χ3n) is 4.11. The number of rotatable bonds is 8. The average Bonchev–Trinajstić information content (AvgIpc) is 2.72. The van der Waals surface area contributed by atoms with Crippen molar-refractivity contribution in [2.45, 2.75) is 13.2 Å². The molecule has 0 unspecified atom stereocenters. The molecule has 0 atom stereocenters. The van der Waals surface area contributed by atoms with Crippen LogP contribution >= 0.6 is 45.8 Å². The second kappa shape index (κ2) is 10.7. The summed E-state index contributed by atoms with van der Waals surface area (Å²) in [6.45, 7) is 0.905. The minimum atomic E-state index is 0.360. The molecule has 0 bridgehead atoms. The lowest BCUT2D eigenvalue weighted by molar-refractivity contribution is 0.282. The largest absolute Gasteiger partial charge is 0.493 e. The van der Waals surface area contributed by atoms with Crippen LogP contribution in [0, 0.1) is 3.57 Å². The summed E-state index contributed by atoms with van der Waals surface area (Å²) in [5, 5.41) is 5.67. The van der Waals surface area contributed by atoms with Crippen molar-refractivity contribution in [3.63, 3.8) is 0 Å². The predicted octanol–water partition coefficient (Wildman–Crippen LogP) is 6.31. The molecule has 3 aromatic carbocycles. The van der Waals surface area contributed by atoms with Crippen LogP contribution in [-0.2, 0) is 13.2 Å². The maximum atomic E-state index is 6.21. The van der Waals surface area contributed by atoms with Crippen molar-refractivity contribution < 1.29 is 9.47 Å². The lowest BCUT2D eigenvalue weighted by atomic mass is 10.2. The van der Waals surface area contributed by atoms with E-state index in [-0.39, 0.29) is 0 Å². The van der Waals surface area contributed by atoms with Gasteiger partial charge < -0.3 is 14.9 Å². The van der Waals surface area contributed by atoms with Crippen molar-refractivity contribution >= 4 is 52.0 Å². The molecule has 3 rings (SSSR count). The smallest absolute Gasteiger partial charge is 0.174 e. The first kappa shape index (κ1) is 21.7. The van der Waals surface area contributed by atoms with Crippen LogP contribution in [0.4, 0.5) is 0 Å². The van der Waals surface area contributed by atoms with Crippen LogP contribution in [0.5, 0.6) is 11.5 Å². The van der Waals surface area contributed by atoms with E-state index >= 15 is 0 Å². The summed E-state index contributed by atoms with van der Waals surface area (Å²) in [4.78, 5) is 0. The van der Waals surface area contributed by atoms with Crippen LogP contribution in [0.2, 0.25) is 10.0 Å². The normalized spacial score (nSPS) is 10.9. The van der Waals surface area contributed by atoms with Crippen LogP contribution in [0.25, 0.3) is 0 Å². The molecule has 0 spiro atoms. The first-order chi connectivity index (χ1) is 14.1. The van der Waals surface area contributed by atoms with Gasteiger partial charge in [0.05, 0.1) is 23.4 Å². The lowest BCUT2D eigenvalue weighted by Crippen LogP contribution is -2.06. The fourth-order valence-corrected chi connectivity index (χ4v) is 3.79. The molecule has 4 nitrogen and oxygen atoms in total. The number of hydrogen-bond donors (Lipinski definition) is 1. The first-order valence-corrected chi connectivity index (χ1v) is 10.6. The van der Waals surface area contributed by atoms with E-state index in [0.29, 0.717) is 34.7 Å². The summed E-state index contributed by atoms with van der Waals surface area (Å²) in [5.41, 5.74) is 5.81. The maximum absolute atomic E-state index is 6.21. The minimum absolute atomic E-state index is 0.360. The zero-order valence-corrected chi connectivity index (χ0v) is 19.3. The van der Waals surface area contributed by atoms with E-state index in [9.17, 15) is 0 Å². The molecule has 0 heterocycles. The number of nitrogens with zero attached hydrogens (tertiary/aromatic N) is 1. The number of benzene rings is 3. The molecule has 0 aliphatic carbocycles. The van der Waals surface area contributed by atoms with Crippen LogP contribution < -0.4 is 14.9 Å². The predicted molar refractivity (Wildman–Crippen MR) is 127 cm³/mol. The monoisotopic (exact) mass is 540 g/mol. The van der Waals surface area contributed by atoms with Gasteiger partial charge in [-0.2, -0.15) is 5.10 Å². The molecule has 0 radical (unpaired) electrons. The average molecular weight is 541 g/mol. The molecule has 0 aliphatic heterocycles. The molecule has 3 aromatic rings. The zero-order chi connectivity index (χ0) is 20.6. The quantitative estimate of drug-likeness (QED) is 0.207. The van der Waals surface area contributed by atoms with E-state index in [2.05, 4.69) is 33.1 Å². The Bertz CT molecular complexity index is 1010. The Kier molecular flexibility index (Phi) is 8.03. The Morgan fingerprint density at radius 1 is 1.00 bits per heavy atom. The van der Waals surface area contributed by atoms with Crippen LogP contribution in [0.3, 0.4) is 0 Å². The molecular formula is C22H19Cl2IN2O2. The molecule has 0 aliphatic rings. The molecule has 1 N–H and O–H groups in total. The third-order valence-corrected chi connectivity index (χ3v) is 5.65. The molecule has 7 heteroatoms. The van der Waals surface area contributed by atoms with Crippen LogP contribution in [-0.4, -0.2) is 13.3 Å². The van der Waals surface area contributed by atoms with E-state index in [0.717, 1.165) is 20.3 Å². The highest BCUT2D eigenvalue weighted by atomic mass is 127. The summed E-state index contributed by atoms with van der Waals surface area (Å²) in [5.74, 6) is 1.31. The summed E-state index contributed by atoms with van der Waals surface area (Å²) < 4.78 is 12.4. The van der Waals surface area contributed by atoms with E-state index in [4.69, 9.17) is 32.7 Å². The molecule has 0 saturated heterocycles. The van der Waals surface area contributed by atoms with Gasteiger partial charge >= 0.3 is 0 Å². The Morgan fingerprint density at radius 3 is 2.31 bits per heavy atom. The topological polar surface area (TPSA) is 42.8 Å². The second-order valence-electron chi connectivity index (χ2n) is 6.10. The van der Waals surface area contributed by atoms with Gasteiger partial charge in [-0.1, -0.05) is 59.6 Å². The summed E-state index contributed by atoms with van der Waals surface area (Å²) in [6.07, 6.45) is 1.74. The van der Waals surface area contributed by atoms with Gasteiger partial charge in [0.15, 0.2) is 11.5 Å². The van der Waals surface area contributed by atoms with Crippen molar-refractivity contribution in [2.75, 3.05) is 7.11 Å². The van der Waals surface area contributed by atoms with Gasteiger partial charge in [-0.15, -0.1) is 0 Å². The number of nitrogens with one attached hydrogen (secondary N) is 1. The van der Waals surface area contributed by atoms with E-state index < -0.39 is 0 Å². The highest BCUT2D eigenvalue weighted by Crippen LogP contribution is 2.34. The van der Waals surface area contributed by atoms with E-state index in [1.807, 2.05) is 60.7 Å². The number of ether oxygens (including phenoxy) is 2. The molecule has 29 heavy (non-hydrogen) atoms. The molecule has 150 valence electrons. The van der Waals surface area contributed by atoms with Crippen LogP contribution in [0.1, 0.15) is 16.7 Å². The van der Waals surface area contributed by atoms with Gasteiger partial charge in [-0.3, -0.25) is 0 Å². The Morgan fingerprint density at radius 2 is 1.66 bits per heavy atom. The highest BCUT2D eigenvalue weighted by Gasteiger charge is 2.12. The SMILES string of the molecule is COc1cc(/C=N\NCc2ccccc2Cl)cc(I)c1OCc1ccccc1Cl. The molecular weight excluding hydrogens is 522 g/mol. The third kappa shape index (κ3) is 6.01. The van der Waals surface area contributed by atoms with Gasteiger partial charge in [0, 0.05) is 15.6 Å². The fraction of sp³-hybridized carbons (Fsp3) is 0.136. The maximum Gasteiger partial charge on any atom is 0.174 e. The Balaban J connectivity index is 1.67. The number of hydrazone groups is 1. The van der Waals surface area contributed by atoms with E-state index in [1.165, 1.54) is 0 Å². The van der Waals surface area contributed by atoms with E-state index in [1.54, 1.807) is 13.3 Å². The van der Waals surface area contributed by atoms with Gasteiger partial charge in [-0.25, -0.2) is 0 Å². The van der Waals surface area contributed by atoms with Gasteiger partial charge in [-0.05, 0) is 58.0 Å².